The molecule has 1 heterocycles. The van der Waals surface area contributed by atoms with E-state index in [2.05, 4.69) is 53.2 Å². The molecule has 0 aromatic heterocycles. The lowest BCUT2D eigenvalue weighted by molar-refractivity contribution is 0.0696. The van der Waals surface area contributed by atoms with Gasteiger partial charge in [-0.1, -0.05) is 29.8 Å². The maximum Gasteiger partial charge on any atom is 0.335 e. The number of aromatic carboxylic acids is 1. The van der Waals surface area contributed by atoms with Gasteiger partial charge in [0.05, 0.1) is 16.9 Å². The van der Waals surface area contributed by atoms with Gasteiger partial charge in [0.25, 0.3) is 5.91 Å². The molecule has 1 amide bonds. The van der Waals surface area contributed by atoms with E-state index in [9.17, 15) is 14.7 Å². The molecule has 1 saturated heterocycles. The van der Waals surface area contributed by atoms with Crippen LogP contribution in [0.25, 0.3) is 0 Å². The van der Waals surface area contributed by atoms with E-state index in [-0.39, 0.29) is 17.5 Å². The Morgan fingerprint density at radius 1 is 0.909 bits per heavy atom. The van der Waals surface area contributed by atoms with Crippen LogP contribution in [0.3, 0.4) is 0 Å². The molecule has 0 aliphatic carbocycles. The van der Waals surface area contributed by atoms with Gasteiger partial charge in [-0.2, -0.15) is 0 Å². The third-order valence-electron chi connectivity index (χ3n) is 6.11. The number of carbonyl (C=O) groups excluding carboxylic acids is 1. The molecule has 0 saturated carbocycles. The van der Waals surface area contributed by atoms with Crippen LogP contribution < -0.4 is 15.1 Å². The number of carboxylic acid groups (broad SMARTS) is 1. The van der Waals surface area contributed by atoms with Crippen molar-refractivity contribution in [2.24, 2.45) is 0 Å². The van der Waals surface area contributed by atoms with Crippen molar-refractivity contribution in [1.29, 1.82) is 0 Å². The summed E-state index contributed by atoms with van der Waals surface area (Å²) in [4.78, 5) is 29.1. The molecule has 0 bridgehead atoms. The number of hydrogen-bond acceptors (Lipinski definition) is 4. The molecule has 1 unspecified atom stereocenters. The number of aryl methyl sites for hydroxylation is 2. The van der Waals surface area contributed by atoms with E-state index in [1.54, 1.807) is 30.3 Å². The van der Waals surface area contributed by atoms with Crippen molar-refractivity contribution >= 4 is 28.9 Å². The molecule has 1 fully saturated rings. The monoisotopic (exact) mass is 443 g/mol. The second-order valence-corrected chi connectivity index (χ2v) is 8.68. The highest BCUT2D eigenvalue weighted by Gasteiger charge is 2.26. The summed E-state index contributed by atoms with van der Waals surface area (Å²) in [7, 11) is 0. The Balaban J connectivity index is 1.59. The topological polar surface area (TPSA) is 72.9 Å². The van der Waals surface area contributed by atoms with Gasteiger partial charge in [0.15, 0.2) is 0 Å². The second-order valence-electron chi connectivity index (χ2n) is 8.68. The van der Waals surface area contributed by atoms with E-state index in [1.165, 1.54) is 11.3 Å². The Bertz CT molecular complexity index is 1170. The molecule has 170 valence electrons. The Morgan fingerprint density at radius 3 is 2.30 bits per heavy atom. The molecule has 0 spiro atoms. The average Bonchev–Trinajstić information content (AvgIpc) is 2.79. The summed E-state index contributed by atoms with van der Waals surface area (Å²) in [6.07, 6.45) is 0. The van der Waals surface area contributed by atoms with Gasteiger partial charge in [-0.3, -0.25) is 4.79 Å². The molecule has 6 heteroatoms. The molecule has 2 N–H and O–H groups in total. The highest BCUT2D eigenvalue weighted by molar-refractivity contribution is 6.06. The highest BCUT2D eigenvalue weighted by Crippen LogP contribution is 2.31. The first-order chi connectivity index (χ1) is 15.8. The number of benzene rings is 3. The van der Waals surface area contributed by atoms with Crippen LogP contribution in [0.2, 0.25) is 0 Å². The number of nitrogens with one attached hydrogen (secondary N) is 1. The number of hydrogen-bond donors (Lipinski definition) is 2. The summed E-state index contributed by atoms with van der Waals surface area (Å²) in [6, 6.07) is 21.0. The van der Waals surface area contributed by atoms with Gasteiger partial charge in [0.1, 0.15) is 0 Å². The smallest absolute Gasteiger partial charge is 0.335 e. The largest absolute Gasteiger partial charge is 0.478 e. The molecular weight excluding hydrogens is 414 g/mol. The van der Waals surface area contributed by atoms with Crippen LogP contribution in [-0.2, 0) is 0 Å². The molecule has 3 aromatic rings. The summed E-state index contributed by atoms with van der Waals surface area (Å²) in [5.74, 6) is -1.28. The van der Waals surface area contributed by atoms with Crippen molar-refractivity contribution in [3.63, 3.8) is 0 Å². The van der Waals surface area contributed by atoms with E-state index in [0.29, 0.717) is 11.3 Å². The number of nitrogens with zero attached hydrogens (tertiary/aromatic N) is 2. The Hall–Kier alpha value is -3.80. The fourth-order valence-electron chi connectivity index (χ4n) is 4.31. The first-order valence-corrected chi connectivity index (χ1v) is 11.2. The van der Waals surface area contributed by atoms with Crippen LogP contribution in [0, 0.1) is 13.8 Å². The lowest BCUT2D eigenvalue weighted by Gasteiger charge is -2.43. The first-order valence-electron chi connectivity index (χ1n) is 11.2. The SMILES string of the molecule is Cc1ccc(C(=O)Nc2cc(C(=O)O)ccc2N2CCN(c3cccc(C)c3)C(C)C2)cc1. The van der Waals surface area contributed by atoms with Crippen LogP contribution in [0.15, 0.2) is 66.7 Å². The predicted octanol–water partition coefficient (Wildman–Crippen LogP) is 4.97. The maximum atomic E-state index is 12.9. The van der Waals surface area contributed by atoms with Gasteiger partial charge >= 0.3 is 5.97 Å². The van der Waals surface area contributed by atoms with Crippen LogP contribution in [0.4, 0.5) is 17.1 Å². The molecule has 6 nitrogen and oxygen atoms in total. The molecule has 1 aliphatic heterocycles. The fourth-order valence-corrected chi connectivity index (χ4v) is 4.31. The summed E-state index contributed by atoms with van der Waals surface area (Å²) in [6.45, 7) is 8.60. The van der Waals surface area contributed by atoms with E-state index >= 15 is 0 Å². The molecule has 3 aromatic carbocycles. The molecule has 1 aliphatic rings. The van der Waals surface area contributed by atoms with Crippen molar-refractivity contribution in [3.05, 3.63) is 89.0 Å². The Morgan fingerprint density at radius 2 is 1.64 bits per heavy atom. The third-order valence-corrected chi connectivity index (χ3v) is 6.11. The maximum absolute atomic E-state index is 12.9. The number of piperazine rings is 1. The van der Waals surface area contributed by atoms with Crippen molar-refractivity contribution in [2.45, 2.75) is 26.8 Å². The molecular formula is C27H29N3O3. The minimum absolute atomic E-state index is 0.143. The van der Waals surface area contributed by atoms with Crippen molar-refractivity contribution in [2.75, 3.05) is 34.8 Å². The fraction of sp³-hybridized carbons (Fsp3) is 0.259. The quantitative estimate of drug-likeness (QED) is 0.583. The summed E-state index contributed by atoms with van der Waals surface area (Å²) in [5, 5.41) is 12.4. The number of rotatable bonds is 5. The number of anilines is 3. The Labute approximate surface area is 194 Å². The van der Waals surface area contributed by atoms with Crippen molar-refractivity contribution < 1.29 is 14.7 Å². The zero-order valence-electron chi connectivity index (χ0n) is 19.2. The summed E-state index contributed by atoms with van der Waals surface area (Å²) >= 11 is 0. The van der Waals surface area contributed by atoms with Gasteiger partial charge in [-0.25, -0.2) is 4.79 Å². The standard InChI is InChI=1S/C27H29N3O3/c1-18-7-9-21(10-8-18)26(31)28-24-16-22(27(32)33)11-12-25(24)29-13-14-30(20(3)17-29)23-6-4-5-19(2)15-23/h4-12,15-16,20H,13-14,17H2,1-3H3,(H,28,31)(H,32,33). The minimum atomic E-state index is -1.02. The molecule has 33 heavy (non-hydrogen) atoms. The Kier molecular flexibility index (Phi) is 6.36. The molecule has 4 rings (SSSR count). The zero-order valence-corrected chi connectivity index (χ0v) is 19.2. The van der Waals surface area contributed by atoms with Gasteiger partial charge < -0.3 is 20.2 Å². The summed E-state index contributed by atoms with van der Waals surface area (Å²) < 4.78 is 0. The van der Waals surface area contributed by atoms with Crippen LogP contribution in [-0.4, -0.2) is 42.7 Å². The van der Waals surface area contributed by atoms with Gasteiger partial charge in [-0.05, 0) is 68.8 Å². The van der Waals surface area contributed by atoms with E-state index in [4.69, 9.17) is 0 Å². The number of carboxylic acids is 1. The second kappa shape index (κ2) is 9.36. The van der Waals surface area contributed by atoms with Crippen LogP contribution >= 0.6 is 0 Å². The van der Waals surface area contributed by atoms with E-state index < -0.39 is 5.97 Å². The van der Waals surface area contributed by atoms with Crippen LogP contribution in [0.5, 0.6) is 0 Å². The average molecular weight is 444 g/mol. The lowest BCUT2D eigenvalue weighted by atomic mass is 10.1. The number of carbonyl (C=O) groups is 2. The lowest BCUT2D eigenvalue weighted by Crippen LogP contribution is -2.52. The van der Waals surface area contributed by atoms with Crippen LogP contribution in [0.1, 0.15) is 38.8 Å². The van der Waals surface area contributed by atoms with Crippen molar-refractivity contribution in [3.8, 4) is 0 Å². The first kappa shape index (κ1) is 22.4. The third kappa shape index (κ3) is 5.00. The van der Waals surface area contributed by atoms with E-state index in [1.807, 2.05) is 19.1 Å². The van der Waals surface area contributed by atoms with Gasteiger partial charge in [0.2, 0.25) is 0 Å². The normalized spacial score (nSPS) is 15.9. The predicted molar refractivity (Wildman–Crippen MR) is 133 cm³/mol. The molecule has 1 atom stereocenters. The van der Waals surface area contributed by atoms with Gasteiger partial charge in [-0.15, -0.1) is 0 Å². The van der Waals surface area contributed by atoms with Gasteiger partial charge in [0, 0.05) is 36.9 Å². The zero-order chi connectivity index (χ0) is 23.5. The highest BCUT2D eigenvalue weighted by atomic mass is 16.4. The molecule has 0 radical (unpaired) electrons. The van der Waals surface area contributed by atoms with E-state index in [0.717, 1.165) is 30.9 Å². The number of amides is 1. The minimum Gasteiger partial charge on any atom is -0.478 e. The van der Waals surface area contributed by atoms with Crippen molar-refractivity contribution in [1.82, 2.24) is 0 Å². The summed E-state index contributed by atoms with van der Waals surface area (Å²) in [5.41, 5.74) is 5.52.